The van der Waals surface area contributed by atoms with Crippen molar-refractivity contribution in [3.8, 4) is 0 Å². The minimum Gasteiger partial charge on any atom is -0.473 e. The van der Waals surface area contributed by atoms with Crippen LogP contribution in [0.2, 0.25) is 0 Å². The van der Waals surface area contributed by atoms with E-state index >= 15 is 0 Å². The monoisotopic (exact) mass is 183 g/mol. The molecule has 0 N–H and O–H groups in total. The van der Waals surface area contributed by atoms with E-state index in [0.717, 1.165) is 0 Å². The van der Waals surface area contributed by atoms with Crippen molar-refractivity contribution in [2.75, 3.05) is 6.61 Å². The first-order valence-corrected chi connectivity index (χ1v) is 4.26. The molecule has 13 heavy (non-hydrogen) atoms. The van der Waals surface area contributed by atoms with Gasteiger partial charge in [-0.15, -0.1) is 0 Å². The summed E-state index contributed by atoms with van der Waals surface area (Å²) in [5.74, 6) is -0.334. The third-order valence-electron chi connectivity index (χ3n) is 1.66. The number of hydrogen-bond donors (Lipinski definition) is 0. The van der Waals surface area contributed by atoms with Gasteiger partial charge in [0.2, 0.25) is 0 Å². The molecule has 1 heterocycles. The van der Waals surface area contributed by atoms with Crippen molar-refractivity contribution >= 4 is 12.4 Å². The predicted molar refractivity (Wildman–Crippen MR) is 48.6 cm³/mol. The van der Waals surface area contributed by atoms with Gasteiger partial charge >= 0.3 is 5.97 Å². The number of nitrogens with zero attached hydrogens (tertiary/aromatic N) is 1. The van der Waals surface area contributed by atoms with Gasteiger partial charge in [0.25, 0.3) is 0 Å². The topological polar surface area (TPSA) is 47.9 Å². The minimum atomic E-state index is -0.531. The van der Waals surface area contributed by atoms with Crippen molar-refractivity contribution in [3.63, 3.8) is 0 Å². The zero-order chi connectivity index (χ0) is 9.68. The van der Waals surface area contributed by atoms with Crippen LogP contribution in [0.25, 0.3) is 0 Å². The SMILES string of the molecule is C/C=C\C1OC=NC1C(=O)OCC. The van der Waals surface area contributed by atoms with Gasteiger partial charge in [-0.05, 0) is 19.9 Å². The molecule has 0 bridgehead atoms. The summed E-state index contributed by atoms with van der Waals surface area (Å²) >= 11 is 0. The Labute approximate surface area is 77.2 Å². The van der Waals surface area contributed by atoms with E-state index in [0.29, 0.717) is 6.61 Å². The number of rotatable bonds is 3. The van der Waals surface area contributed by atoms with Crippen LogP contribution in [-0.2, 0) is 14.3 Å². The number of aliphatic imine (C=N–C) groups is 1. The first kappa shape index (κ1) is 9.77. The maximum absolute atomic E-state index is 11.3. The van der Waals surface area contributed by atoms with Crippen molar-refractivity contribution in [3.05, 3.63) is 12.2 Å². The summed E-state index contributed by atoms with van der Waals surface area (Å²) in [5.41, 5.74) is 0. The fraction of sp³-hybridized carbons (Fsp3) is 0.556. The van der Waals surface area contributed by atoms with Crippen molar-refractivity contribution in [2.45, 2.75) is 26.0 Å². The van der Waals surface area contributed by atoms with E-state index in [1.807, 2.05) is 13.0 Å². The molecule has 0 radical (unpaired) electrons. The van der Waals surface area contributed by atoms with Gasteiger partial charge in [-0.3, -0.25) is 0 Å². The van der Waals surface area contributed by atoms with E-state index in [1.54, 1.807) is 13.0 Å². The van der Waals surface area contributed by atoms with E-state index in [2.05, 4.69) is 4.99 Å². The summed E-state index contributed by atoms with van der Waals surface area (Å²) in [6.07, 6.45) is 4.61. The third-order valence-corrected chi connectivity index (χ3v) is 1.66. The Hall–Kier alpha value is -1.32. The minimum absolute atomic E-state index is 0.302. The van der Waals surface area contributed by atoms with Crippen LogP contribution in [0, 0.1) is 0 Å². The van der Waals surface area contributed by atoms with Crippen LogP contribution in [0.15, 0.2) is 17.1 Å². The lowest BCUT2D eigenvalue weighted by atomic mass is 10.1. The van der Waals surface area contributed by atoms with Crippen molar-refractivity contribution < 1.29 is 14.3 Å². The van der Waals surface area contributed by atoms with E-state index in [4.69, 9.17) is 9.47 Å². The van der Waals surface area contributed by atoms with Gasteiger partial charge < -0.3 is 9.47 Å². The number of esters is 1. The van der Waals surface area contributed by atoms with E-state index < -0.39 is 6.04 Å². The van der Waals surface area contributed by atoms with Crippen molar-refractivity contribution in [1.82, 2.24) is 0 Å². The second-order valence-electron chi connectivity index (χ2n) is 2.58. The molecule has 2 atom stereocenters. The molecule has 0 fully saturated rings. The molecule has 0 aromatic heterocycles. The largest absolute Gasteiger partial charge is 0.473 e. The second-order valence-corrected chi connectivity index (χ2v) is 2.58. The van der Waals surface area contributed by atoms with Crippen LogP contribution >= 0.6 is 0 Å². The molecule has 0 spiro atoms. The molecule has 1 aliphatic rings. The molecular formula is C9H13NO3. The summed E-state index contributed by atoms with van der Waals surface area (Å²) in [7, 11) is 0. The zero-order valence-corrected chi connectivity index (χ0v) is 7.77. The summed E-state index contributed by atoms with van der Waals surface area (Å²) < 4.78 is 9.93. The Balaban J connectivity index is 2.56. The summed E-state index contributed by atoms with van der Waals surface area (Å²) in [6, 6.07) is -0.531. The lowest BCUT2D eigenvalue weighted by Crippen LogP contribution is -2.30. The van der Waals surface area contributed by atoms with Crippen molar-refractivity contribution in [1.29, 1.82) is 0 Å². The number of allylic oxidation sites excluding steroid dienone is 1. The van der Waals surface area contributed by atoms with Crippen LogP contribution < -0.4 is 0 Å². The average Bonchev–Trinajstić information content (AvgIpc) is 2.54. The summed E-state index contributed by atoms with van der Waals surface area (Å²) in [5, 5.41) is 0. The standard InChI is InChI=1S/C9H13NO3/c1-3-5-7-8(10-6-13-7)9(11)12-4-2/h3,5-8H,4H2,1-2H3/b5-3-. The molecule has 0 saturated heterocycles. The van der Waals surface area contributed by atoms with E-state index in [-0.39, 0.29) is 12.1 Å². The lowest BCUT2D eigenvalue weighted by Gasteiger charge is -2.11. The lowest BCUT2D eigenvalue weighted by molar-refractivity contribution is -0.145. The molecule has 72 valence electrons. The van der Waals surface area contributed by atoms with E-state index in [9.17, 15) is 4.79 Å². The molecule has 2 unspecified atom stereocenters. The Bertz CT molecular complexity index is 235. The quantitative estimate of drug-likeness (QED) is 0.483. The molecule has 4 nitrogen and oxygen atoms in total. The zero-order valence-electron chi connectivity index (χ0n) is 7.77. The molecule has 1 rings (SSSR count). The smallest absolute Gasteiger partial charge is 0.335 e. The number of ether oxygens (including phenoxy) is 2. The average molecular weight is 183 g/mol. The number of hydrogen-bond acceptors (Lipinski definition) is 4. The van der Waals surface area contributed by atoms with Gasteiger partial charge in [-0.25, -0.2) is 9.79 Å². The first-order valence-electron chi connectivity index (χ1n) is 4.26. The molecule has 0 saturated carbocycles. The van der Waals surface area contributed by atoms with E-state index in [1.165, 1.54) is 6.40 Å². The number of carbonyl (C=O) groups is 1. The van der Waals surface area contributed by atoms with Gasteiger partial charge in [-0.2, -0.15) is 0 Å². The fourth-order valence-corrected chi connectivity index (χ4v) is 1.09. The van der Waals surface area contributed by atoms with Crippen molar-refractivity contribution in [2.24, 2.45) is 4.99 Å². The normalized spacial score (nSPS) is 26.3. The molecule has 4 heteroatoms. The highest BCUT2D eigenvalue weighted by molar-refractivity contribution is 5.80. The highest BCUT2D eigenvalue weighted by Crippen LogP contribution is 2.12. The van der Waals surface area contributed by atoms with Crippen LogP contribution in [0.1, 0.15) is 13.8 Å². The van der Waals surface area contributed by atoms with Gasteiger partial charge in [0.15, 0.2) is 18.5 Å². The second kappa shape index (κ2) is 4.64. The fourth-order valence-electron chi connectivity index (χ4n) is 1.09. The molecule has 0 aromatic carbocycles. The molecule has 0 aromatic rings. The highest BCUT2D eigenvalue weighted by Gasteiger charge is 2.31. The Morgan fingerprint density at radius 2 is 2.54 bits per heavy atom. The Kier molecular flexibility index (Phi) is 3.49. The van der Waals surface area contributed by atoms with Crippen LogP contribution in [0.5, 0.6) is 0 Å². The maximum atomic E-state index is 11.3. The molecule has 0 aliphatic carbocycles. The molecular weight excluding hydrogens is 170 g/mol. The Morgan fingerprint density at radius 3 is 3.15 bits per heavy atom. The third kappa shape index (κ3) is 2.31. The predicted octanol–water partition coefficient (Wildman–Crippen LogP) is 0.921. The number of carbonyl (C=O) groups excluding carboxylic acids is 1. The van der Waals surface area contributed by atoms with Gasteiger partial charge in [-0.1, -0.05) is 6.08 Å². The van der Waals surface area contributed by atoms with Crippen LogP contribution in [0.3, 0.4) is 0 Å². The van der Waals surface area contributed by atoms with Gasteiger partial charge in [0.05, 0.1) is 6.61 Å². The van der Waals surface area contributed by atoms with Crippen LogP contribution in [0.4, 0.5) is 0 Å². The van der Waals surface area contributed by atoms with Crippen LogP contribution in [-0.4, -0.2) is 31.1 Å². The first-order chi connectivity index (χ1) is 6.29. The molecule has 1 aliphatic heterocycles. The maximum Gasteiger partial charge on any atom is 0.335 e. The Morgan fingerprint density at radius 1 is 1.77 bits per heavy atom. The highest BCUT2D eigenvalue weighted by atomic mass is 16.5. The molecule has 0 amide bonds. The summed E-state index contributed by atoms with van der Waals surface area (Å²) in [6.45, 7) is 4.00. The van der Waals surface area contributed by atoms with Gasteiger partial charge in [0.1, 0.15) is 0 Å². The summed E-state index contributed by atoms with van der Waals surface area (Å²) in [4.78, 5) is 15.2. The van der Waals surface area contributed by atoms with Gasteiger partial charge in [0, 0.05) is 0 Å².